The highest BCUT2D eigenvalue weighted by Crippen LogP contribution is 2.35. The summed E-state index contributed by atoms with van der Waals surface area (Å²) < 4.78 is 34.4. The Hall–Kier alpha value is -2.87. The molecule has 0 saturated carbocycles. The third kappa shape index (κ3) is 2.90. The van der Waals surface area contributed by atoms with Crippen LogP contribution in [-0.2, 0) is 16.9 Å². The summed E-state index contributed by atoms with van der Waals surface area (Å²) in [7, 11) is -0.236. The van der Waals surface area contributed by atoms with Gasteiger partial charge in [0, 0.05) is 30.3 Å². The number of ether oxygens (including phenoxy) is 1. The van der Waals surface area contributed by atoms with E-state index in [0.717, 1.165) is 27.9 Å². The molecule has 0 radical (unpaired) electrons. The van der Waals surface area contributed by atoms with Gasteiger partial charge in [0.25, 0.3) is 0 Å². The monoisotopic (exact) mass is 412 g/mol. The maximum atomic E-state index is 13.1. The van der Waals surface area contributed by atoms with Crippen molar-refractivity contribution in [1.29, 1.82) is 0 Å². The average molecular weight is 413 g/mol. The topological polar surface area (TPSA) is 78.5 Å². The summed E-state index contributed by atoms with van der Waals surface area (Å²) in [4.78, 5) is 4.61. The van der Waals surface area contributed by atoms with Crippen molar-refractivity contribution in [3.8, 4) is 17.0 Å². The van der Waals surface area contributed by atoms with Crippen LogP contribution in [0.15, 0.2) is 41.6 Å². The molecule has 0 atom stereocenters. The van der Waals surface area contributed by atoms with Crippen LogP contribution >= 0.6 is 0 Å². The second kappa shape index (κ2) is 6.32. The van der Waals surface area contributed by atoms with Crippen molar-refractivity contribution < 1.29 is 13.2 Å². The van der Waals surface area contributed by atoms with E-state index in [-0.39, 0.29) is 4.90 Å². The number of benzene rings is 1. The highest BCUT2D eigenvalue weighted by Gasteiger charge is 2.34. The Morgan fingerprint density at radius 3 is 2.52 bits per heavy atom. The molecule has 8 heteroatoms. The molecule has 152 valence electrons. The molecule has 0 bridgehead atoms. The number of nitrogens with zero attached hydrogens (tertiary/aromatic N) is 4. The summed E-state index contributed by atoms with van der Waals surface area (Å²) in [5, 5.41) is 5.56. The van der Waals surface area contributed by atoms with E-state index in [1.165, 1.54) is 7.11 Å². The van der Waals surface area contributed by atoms with Gasteiger partial charge in [0.05, 0.1) is 35.0 Å². The Morgan fingerprint density at radius 2 is 1.86 bits per heavy atom. The lowest BCUT2D eigenvalue weighted by atomic mass is 10.1. The van der Waals surface area contributed by atoms with E-state index < -0.39 is 14.6 Å². The molecule has 0 fully saturated rings. The Balaban J connectivity index is 1.98. The first-order valence-electron chi connectivity index (χ1n) is 9.28. The fourth-order valence-corrected chi connectivity index (χ4v) is 4.80. The number of pyridine rings is 1. The SMILES string of the molecule is COc1cc2ncc(-c3ccc4c(C)nn(C)c4c3)n2cc1S(=O)(=O)C(C)(C)C. The predicted octanol–water partition coefficient (Wildman–Crippen LogP) is 3.78. The largest absolute Gasteiger partial charge is 0.495 e. The molecular formula is C21H24N4O3S. The van der Waals surface area contributed by atoms with Crippen LogP contribution in [0.1, 0.15) is 26.5 Å². The number of imidazole rings is 1. The van der Waals surface area contributed by atoms with Crippen molar-refractivity contribution in [3.05, 3.63) is 42.4 Å². The lowest BCUT2D eigenvalue weighted by Crippen LogP contribution is -2.28. The molecule has 0 spiro atoms. The minimum absolute atomic E-state index is 0.150. The second-order valence-corrected chi connectivity index (χ2v) is 10.8. The van der Waals surface area contributed by atoms with Crippen LogP contribution in [0, 0.1) is 6.92 Å². The van der Waals surface area contributed by atoms with Crippen LogP contribution in [0.4, 0.5) is 0 Å². The Bertz CT molecular complexity index is 1360. The van der Waals surface area contributed by atoms with Crippen molar-refractivity contribution in [3.63, 3.8) is 0 Å². The third-order valence-corrected chi connectivity index (χ3v) is 7.72. The van der Waals surface area contributed by atoms with Crippen molar-refractivity contribution >= 4 is 26.4 Å². The fraction of sp³-hybridized carbons (Fsp3) is 0.333. The summed E-state index contributed by atoms with van der Waals surface area (Å²) in [6.07, 6.45) is 3.35. The van der Waals surface area contributed by atoms with Gasteiger partial charge in [-0.05, 0) is 33.8 Å². The molecule has 3 aromatic heterocycles. The standard InChI is InChI=1S/C21H24N4O3S/c1-13-15-8-7-14(9-16(15)24(5)23-13)17-11-22-20-10-18(28-6)19(12-25(17)20)29(26,27)21(2,3)4/h7-12H,1-6H3. The Kier molecular flexibility index (Phi) is 4.24. The molecule has 0 N–H and O–H groups in total. The molecule has 0 aliphatic rings. The van der Waals surface area contributed by atoms with Gasteiger partial charge in [0.2, 0.25) is 0 Å². The molecule has 0 aliphatic carbocycles. The molecule has 0 aliphatic heterocycles. The van der Waals surface area contributed by atoms with Crippen LogP contribution in [-0.4, -0.2) is 39.4 Å². The molecule has 29 heavy (non-hydrogen) atoms. The lowest BCUT2D eigenvalue weighted by Gasteiger charge is -2.21. The molecule has 1 aromatic carbocycles. The molecular weight excluding hydrogens is 388 g/mol. The Morgan fingerprint density at radius 1 is 1.14 bits per heavy atom. The molecule has 4 aromatic rings. The van der Waals surface area contributed by atoms with Crippen molar-refractivity contribution in [2.75, 3.05) is 7.11 Å². The van der Waals surface area contributed by atoms with Crippen molar-refractivity contribution in [2.45, 2.75) is 37.3 Å². The number of hydrogen-bond donors (Lipinski definition) is 0. The quantitative estimate of drug-likeness (QED) is 0.512. The van der Waals surface area contributed by atoms with E-state index in [4.69, 9.17) is 4.74 Å². The minimum atomic E-state index is -3.61. The summed E-state index contributed by atoms with van der Waals surface area (Å²) in [6, 6.07) is 7.74. The van der Waals surface area contributed by atoms with Crippen LogP contribution in [0.5, 0.6) is 5.75 Å². The Labute approximate surface area is 169 Å². The molecule has 4 rings (SSSR count). The minimum Gasteiger partial charge on any atom is -0.495 e. The summed E-state index contributed by atoms with van der Waals surface area (Å²) >= 11 is 0. The fourth-order valence-electron chi connectivity index (χ4n) is 3.49. The molecule has 0 unspecified atom stereocenters. The second-order valence-electron chi connectivity index (χ2n) is 8.13. The van der Waals surface area contributed by atoms with Gasteiger partial charge in [-0.2, -0.15) is 5.10 Å². The zero-order chi connectivity index (χ0) is 21.1. The van der Waals surface area contributed by atoms with E-state index in [0.29, 0.717) is 11.4 Å². The molecule has 0 amide bonds. The van der Waals surface area contributed by atoms with Crippen LogP contribution < -0.4 is 4.74 Å². The van der Waals surface area contributed by atoms with Gasteiger partial charge in [-0.3, -0.25) is 9.08 Å². The number of fused-ring (bicyclic) bond motifs is 2. The normalized spacial score (nSPS) is 12.8. The first-order valence-corrected chi connectivity index (χ1v) is 10.8. The van der Waals surface area contributed by atoms with E-state index in [1.54, 1.807) is 43.6 Å². The zero-order valence-corrected chi connectivity index (χ0v) is 18.2. The maximum Gasteiger partial charge on any atom is 0.188 e. The number of rotatable bonds is 3. The van der Waals surface area contributed by atoms with Gasteiger partial charge < -0.3 is 4.74 Å². The highest BCUT2D eigenvalue weighted by atomic mass is 32.2. The third-order valence-electron chi connectivity index (χ3n) is 5.22. The number of aromatic nitrogens is 4. The summed E-state index contributed by atoms with van der Waals surface area (Å²) in [5.74, 6) is 0.294. The number of aryl methyl sites for hydroxylation is 2. The van der Waals surface area contributed by atoms with E-state index >= 15 is 0 Å². The van der Waals surface area contributed by atoms with Crippen LogP contribution in [0.3, 0.4) is 0 Å². The van der Waals surface area contributed by atoms with Crippen molar-refractivity contribution in [1.82, 2.24) is 19.2 Å². The van der Waals surface area contributed by atoms with E-state index in [2.05, 4.69) is 10.1 Å². The van der Waals surface area contributed by atoms with Crippen LogP contribution in [0.25, 0.3) is 27.8 Å². The van der Waals surface area contributed by atoms with E-state index in [1.807, 2.05) is 36.9 Å². The van der Waals surface area contributed by atoms with Gasteiger partial charge in [0.15, 0.2) is 9.84 Å². The average Bonchev–Trinajstić information content (AvgIpc) is 3.19. The van der Waals surface area contributed by atoms with Gasteiger partial charge in [0.1, 0.15) is 16.3 Å². The zero-order valence-electron chi connectivity index (χ0n) is 17.4. The van der Waals surface area contributed by atoms with Crippen molar-refractivity contribution in [2.24, 2.45) is 7.05 Å². The number of sulfone groups is 1. The van der Waals surface area contributed by atoms with Gasteiger partial charge >= 0.3 is 0 Å². The van der Waals surface area contributed by atoms with Gasteiger partial charge in [-0.1, -0.05) is 12.1 Å². The highest BCUT2D eigenvalue weighted by molar-refractivity contribution is 7.92. The number of methoxy groups -OCH3 is 1. The first-order chi connectivity index (χ1) is 13.5. The van der Waals surface area contributed by atoms with Gasteiger partial charge in [-0.15, -0.1) is 0 Å². The predicted molar refractivity (Wildman–Crippen MR) is 113 cm³/mol. The number of hydrogen-bond acceptors (Lipinski definition) is 5. The summed E-state index contributed by atoms with van der Waals surface area (Å²) in [5.41, 5.74) is 4.32. The molecule has 3 heterocycles. The lowest BCUT2D eigenvalue weighted by molar-refractivity contribution is 0.401. The summed E-state index contributed by atoms with van der Waals surface area (Å²) in [6.45, 7) is 7.02. The smallest absolute Gasteiger partial charge is 0.188 e. The van der Waals surface area contributed by atoms with Crippen LogP contribution in [0.2, 0.25) is 0 Å². The van der Waals surface area contributed by atoms with E-state index in [9.17, 15) is 8.42 Å². The molecule has 7 nitrogen and oxygen atoms in total. The molecule has 0 saturated heterocycles. The first kappa shape index (κ1) is 19.4. The maximum absolute atomic E-state index is 13.1. The van der Waals surface area contributed by atoms with Gasteiger partial charge in [-0.25, -0.2) is 13.4 Å².